The van der Waals surface area contributed by atoms with Gasteiger partial charge in [0.05, 0.1) is 10.6 Å². The van der Waals surface area contributed by atoms with Crippen molar-refractivity contribution >= 4 is 21.2 Å². The average Bonchev–Trinajstić information content (AvgIpc) is 3.03. The Balaban J connectivity index is 1.74. The van der Waals surface area contributed by atoms with Gasteiger partial charge in [-0.3, -0.25) is 4.90 Å². The molecule has 1 aromatic heterocycles. The smallest absolute Gasteiger partial charge is 0.175 e. The maximum atomic E-state index is 11.6. The highest BCUT2D eigenvalue weighted by molar-refractivity contribution is 7.90. The number of benzene rings is 1. The molecule has 1 aliphatic rings. The predicted octanol–water partition coefficient (Wildman–Crippen LogP) is 4.22. The highest BCUT2D eigenvalue weighted by Crippen LogP contribution is 2.28. The Morgan fingerprint density at radius 1 is 1.24 bits per heavy atom. The van der Waals surface area contributed by atoms with E-state index in [-0.39, 0.29) is 0 Å². The lowest BCUT2D eigenvalue weighted by Gasteiger charge is -2.37. The maximum absolute atomic E-state index is 11.6. The van der Waals surface area contributed by atoms with Crippen LogP contribution >= 0.6 is 11.3 Å². The number of hydrogen-bond acceptors (Lipinski definition) is 5. The third-order valence-electron chi connectivity index (χ3n) is 4.88. The van der Waals surface area contributed by atoms with Crippen molar-refractivity contribution in [2.75, 3.05) is 12.8 Å². The number of sulfone groups is 1. The SMILES string of the molecule is CC(C)C1CCCCN1Cc1csc(-c2ccc(S(C)(=O)=O)cc2)n1. The number of hydrogen-bond donors (Lipinski definition) is 0. The van der Waals surface area contributed by atoms with Gasteiger partial charge in [0.15, 0.2) is 9.84 Å². The molecule has 25 heavy (non-hydrogen) atoms. The highest BCUT2D eigenvalue weighted by Gasteiger charge is 2.25. The first kappa shape index (κ1) is 18.5. The van der Waals surface area contributed by atoms with Gasteiger partial charge in [0.2, 0.25) is 0 Å². The Labute approximate surface area is 154 Å². The van der Waals surface area contributed by atoms with Crippen molar-refractivity contribution in [3.05, 3.63) is 35.3 Å². The van der Waals surface area contributed by atoms with Crippen LogP contribution in [0.3, 0.4) is 0 Å². The number of aromatic nitrogens is 1. The van der Waals surface area contributed by atoms with E-state index in [1.165, 1.54) is 25.5 Å². The summed E-state index contributed by atoms with van der Waals surface area (Å²) in [6.45, 7) is 6.66. The molecule has 1 atom stereocenters. The highest BCUT2D eigenvalue weighted by atomic mass is 32.2. The Morgan fingerprint density at radius 3 is 2.60 bits per heavy atom. The molecular weight excluding hydrogens is 352 g/mol. The number of nitrogens with zero attached hydrogens (tertiary/aromatic N) is 2. The van der Waals surface area contributed by atoms with Crippen LogP contribution in [0.5, 0.6) is 0 Å². The molecule has 0 amide bonds. The summed E-state index contributed by atoms with van der Waals surface area (Å²) in [4.78, 5) is 7.71. The maximum Gasteiger partial charge on any atom is 0.175 e. The molecule has 0 N–H and O–H groups in total. The first-order valence-electron chi connectivity index (χ1n) is 8.83. The minimum absolute atomic E-state index is 0.348. The first-order valence-corrected chi connectivity index (χ1v) is 11.6. The van der Waals surface area contributed by atoms with Crippen molar-refractivity contribution in [1.82, 2.24) is 9.88 Å². The molecule has 1 unspecified atom stereocenters. The number of likely N-dealkylation sites (tertiary alicyclic amines) is 1. The minimum Gasteiger partial charge on any atom is -0.294 e. The summed E-state index contributed by atoms with van der Waals surface area (Å²) < 4.78 is 23.1. The number of piperidine rings is 1. The van der Waals surface area contributed by atoms with Gasteiger partial charge in [-0.25, -0.2) is 13.4 Å². The van der Waals surface area contributed by atoms with Crippen LogP contribution < -0.4 is 0 Å². The van der Waals surface area contributed by atoms with Crippen molar-refractivity contribution in [2.45, 2.75) is 50.6 Å². The topological polar surface area (TPSA) is 50.3 Å². The summed E-state index contributed by atoms with van der Waals surface area (Å²) in [5.74, 6) is 0.668. The molecule has 1 saturated heterocycles. The molecular formula is C19H26N2O2S2. The minimum atomic E-state index is -3.15. The molecule has 0 bridgehead atoms. The van der Waals surface area contributed by atoms with Crippen molar-refractivity contribution in [2.24, 2.45) is 5.92 Å². The van der Waals surface area contributed by atoms with Crippen LogP contribution in [0.15, 0.2) is 34.5 Å². The molecule has 1 aliphatic heterocycles. The molecule has 6 heteroatoms. The van der Waals surface area contributed by atoms with Gasteiger partial charge >= 0.3 is 0 Å². The fourth-order valence-electron chi connectivity index (χ4n) is 3.53. The Hall–Kier alpha value is -1.24. The quantitative estimate of drug-likeness (QED) is 0.781. The number of thiazole rings is 1. The summed E-state index contributed by atoms with van der Waals surface area (Å²) in [7, 11) is -3.15. The zero-order chi connectivity index (χ0) is 18.0. The van der Waals surface area contributed by atoms with Gasteiger partial charge in [0.25, 0.3) is 0 Å². The number of rotatable bonds is 5. The molecule has 2 aromatic rings. The van der Waals surface area contributed by atoms with E-state index >= 15 is 0 Å². The summed E-state index contributed by atoms with van der Waals surface area (Å²) >= 11 is 1.63. The van der Waals surface area contributed by atoms with Crippen molar-refractivity contribution < 1.29 is 8.42 Å². The van der Waals surface area contributed by atoms with Gasteiger partial charge < -0.3 is 0 Å². The summed E-state index contributed by atoms with van der Waals surface area (Å²) in [5.41, 5.74) is 2.09. The van der Waals surface area contributed by atoms with Crippen LogP contribution in [-0.4, -0.2) is 37.1 Å². The Bertz CT molecular complexity index is 810. The third kappa shape index (κ3) is 4.49. The van der Waals surface area contributed by atoms with Gasteiger partial charge in [-0.05, 0) is 37.4 Å². The zero-order valence-corrected chi connectivity index (χ0v) is 16.7. The van der Waals surface area contributed by atoms with E-state index in [1.807, 2.05) is 12.1 Å². The third-order valence-corrected chi connectivity index (χ3v) is 6.95. The summed E-state index contributed by atoms with van der Waals surface area (Å²) in [6.07, 6.45) is 5.11. The second-order valence-electron chi connectivity index (χ2n) is 7.22. The lowest BCUT2D eigenvalue weighted by atomic mass is 9.93. The van der Waals surface area contributed by atoms with Gasteiger partial charge in [0, 0.05) is 29.8 Å². The second-order valence-corrected chi connectivity index (χ2v) is 10.1. The Morgan fingerprint density at radius 2 is 1.96 bits per heavy atom. The molecule has 0 spiro atoms. The molecule has 0 saturated carbocycles. The molecule has 1 fully saturated rings. The van der Waals surface area contributed by atoms with Crippen molar-refractivity contribution in [1.29, 1.82) is 0 Å². The fourth-order valence-corrected chi connectivity index (χ4v) is 4.98. The monoisotopic (exact) mass is 378 g/mol. The zero-order valence-electron chi connectivity index (χ0n) is 15.1. The summed E-state index contributed by atoms with van der Waals surface area (Å²) in [5, 5.41) is 3.08. The van der Waals surface area contributed by atoms with Crippen molar-refractivity contribution in [3.8, 4) is 10.6 Å². The predicted molar refractivity (Wildman–Crippen MR) is 104 cm³/mol. The molecule has 0 radical (unpaired) electrons. The molecule has 2 heterocycles. The summed E-state index contributed by atoms with van der Waals surface area (Å²) in [6, 6.07) is 7.65. The van der Waals surface area contributed by atoms with Crippen LogP contribution in [0.25, 0.3) is 10.6 Å². The van der Waals surface area contributed by atoms with E-state index in [9.17, 15) is 8.42 Å². The van der Waals surface area contributed by atoms with E-state index in [4.69, 9.17) is 4.98 Å². The molecule has 1 aromatic carbocycles. The molecule has 3 rings (SSSR count). The van der Waals surface area contributed by atoms with Gasteiger partial charge in [-0.1, -0.05) is 32.4 Å². The van der Waals surface area contributed by atoms with Gasteiger partial charge in [-0.2, -0.15) is 0 Å². The van der Waals surface area contributed by atoms with E-state index < -0.39 is 9.84 Å². The van der Waals surface area contributed by atoms with E-state index in [0.29, 0.717) is 16.9 Å². The largest absolute Gasteiger partial charge is 0.294 e. The normalized spacial score (nSPS) is 19.4. The van der Waals surface area contributed by atoms with Crippen LogP contribution in [0.4, 0.5) is 0 Å². The molecule has 4 nitrogen and oxygen atoms in total. The van der Waals surface area contributed by atoms with Gasteiger partial charge in [-0.15, -0.1) is 11.3 Å². The van der Waals surface area contributed by atoms with Crippen LogP contribution in [0.2, 0.25) is 0 Å². The van der Waals surface area contributed by atoms with Crippen LogP contribution in [0.1, 0.15) is 38.8 Å². The average molecular weight is 379 g/mol. The standard InChI is InChI=1S/C19H26N2O2S2/c1-14(2)18-6-4-5-11-21(18)12-16-13-24-19(20-16)15-7-9-17(10-8-15)25(3,22)23/h7-10,13-14,18H,4-6,11-12H2,1-3H3. The lowest BCUT2D eigenvalue weighted by molar-refractivity contribution is 0.103. The van der Waals surface area contributed by atoms with Gasteiger partial charge in [0.1, 0.15) is 5.01 Å². The Kier molecular flexibility index (Phi) is 5.61. The van der Waals surface area contributed by atoms with E-state index in [1.54, 1.807) is 23.5 Å². The fraction of sp³-hybridized carbons (Fsp3) is 0.526. The molecule has 0 aliphatic carbocycles. The van der Waals surface area contributed by atoms with E-state index in [2.05, 4.69) is 24.1 Å². The first-order chi connectivity index (χ1) is 11.8. The van der Waals surface area contributed by atoms with E-state index in [0.717, 1.165) is 29.4 Å². The second kappa shape index (κ2) is 7.56. The van der Waals surface area contributed by atoms with Crippen LogP contribution in [0, 0.1) is 5.92 Å². The lowest BCUT2D eigenvalue weighted by Crippen LogP contribution is -2.42. The molecule has 136 valence electrons. The van der Waals surface area contributed by atoms with Crippen LogP contribution in [-0.2, 0) is 16.4 Å². The van der Waals surface area contributed by atoms with Crippen molar-refractivity contribution in [3.63, 3.8) is 0 Å².